The van der Waals surface area contributed by atoms with E-state index in [9.17, 15) is 0 Å². The fourth-order valence-electron chi connectivity index (χ4n) is 2.31. The number of aromatic nitrogens is 2. The van der Waals surface area contributed by atoms with E-state index in [4.69, 9.17) is 15.5 Å². The van der Waals surface area contributed by atoms with Gasteiger partial charge in [-0.25, -0.2) is 4.98 Å². The topological polar surface area (TPSA) is 53.1 Å². The van der Waals surface area contributed by atoms with Gasteiger partial charge in [0.25, 0.3) is 0 Å². The van der Waals surface area contributed by atoms with Crippen molar-refractivity contribution >= 4 is 11.0 Å². The van der Waals surface area contributed by atoms with E-state index in [1.54, 1.807) is 7.11 Å². The maximum Gasteiger partial charge on any atom is 0.141 e. The predicted octanol–water partition coefficient (Wildman–Crippen LogP) is 2.96. The van der Waals surface area contributed by atoms with Gasteiger partial charge < -0.3 is 15.0 Å². The molecule has 0 aliphatic carbocycles. The van der Waals surface area contributed by atoms with Gasteiger partial charge in [0.2, 0.25) is 0 Å². The zero-order valence-electron chi connectivity index (χ0n) is 12.4. The van der Waals surface area contributed by atoms with Crippen molar-refractivity contribution in [3.05, 3.63) is 29.6 Å². The summed E-state index contributed by atoms with van der Waals surface area (Å²) in [6.45, 7) is 8.93. The molecule has 0 fully saturated rings. The van der Waals surface area contributed by atoms with Gasteiger partial charge in [-0.15, -0.1) is 0 Å². The summed E-state index contributed by atoms with van der Waals surface area (Å²) < 4.78 is 7.83. The number of nitrogens with two attached hydrogens (primary N) is 1. The molecule has 4 nitrogen and oxygen atoms in total. The molecule has 1 heterocycles. The van der Waals surface area contributed by atoms with Gasteiger partial charge in [0.15, 0.2) is 0 Å². The zero-order valence-corrected chi connectivity index (χ0v) is 12.4. The normalized spacial score (nSPS) is 12.6. The molecule has 0 aliphatic heterocycles. The van der Waals surface area contributed by atoms with Crippen LogP contribution in [0.25, 0.3) is 11.0 Å². The molecule has 0 unspecified atom stereocenters. The van der Waals surface area contributed by atoms with Crippen molar-refractivity contribution in [2.75, 3.05) is 7.11 Å². The first-order valence-electron chi connectivity index (χ1n) is 6.67. The van der Waals surface area contributed by atoms with Crippen LogP contribution < -0.4 is 5.73 Å². The number of rotatable bonds is 4. The first-order valence-corrected chi connectivity index (χ1v) is 6.67. The molecule has 0 spiro atoms. The average Bonchev–Trinajstić information content (AvgIpc) is 2.77. The van der Waals surface area contributed by atoms with E-state index in [0.717, 1.165) is 22.4 Å². The third kappa shape index (κ3) is 2.38. The van der Waals surface area contributed by atoms with Crippen LogP contribution in [0.2, 0.25) is 0 Å². The number of fused-ring (bicyclic) bond motifs is 1. The van der Waals surface area contributed by atoms with E-state index < -0.39 is 5.60 Å². The molecule has 0 atom stereocenters. The van der Waals surface area contributed by atoms with Crippen molar-refractivity contribution in [3.63, 3.8) is 0 Å². The van der Waals surface area contributed by atoms with E-state index >= 15 is 0 Å². The molecule has 0 saturated carbocycles. The van der Waals surface area contributed by atoms with Crippen molar-refractivity contribution in [2.24, 2.45) is 5.73 Å². The van der Waals surface area contributed by atoms with Gasteiger partial charge in [-0.3, -0.25) is 0 Å². The minimum atomic E-state index is -0.411. The van der Waals surface area contributed by atoms with Crippen molar-refractivity contribution in [1.29, 1.82) is 0 Å². The first kappa shape index (κ1) is 14.0. The van der Waals surface area contributed by atoms with E-state index in [1.165, 1.54) is 0 Å². The van der Waals surface area contributed by atoms with Gasteiger partial charge in [0.1, 0.15) is 11.4 Å². The summed E-state index contributed by atoms with van der Waals surface area (Å²) in [7, 11) is 1.72. The van der Waals surface area contributed by atoms with Crippen LogP contribution in [-0.4, -0.2) is 16.7 Å². The van der Waals surface area contributed by atoms with Crippen molar-refractivity contribution in [3.8, 4) is 0 Å². The van der Waals surface area contributed by atoms with Crippen LogP contribution in [0.4, 0.5) is 0 Å². The van der Waals surface area contributed by atoms with Crippen LogP contribution in [0.1, 0.15) is 45.1 Å². The molecule has 0 bridgehead atoms. The summed E-state index contributed by atoms with van der Waals surface area (Å²) in [6.07, 6.45) is 0. The van der Waals surface area contributed by atoms with Gasteiger partial charge in [0.05, 0.1) is 11.0 Å². The standard InChI is InChI=1S/C15H23N3O/c1-10(2)18-13-7-6-11(9-16)8-12(13)17-14(18)15(3,4)19-5/h6-8,10H,9,16H2,1-5H3. The minimum absolute atomic E-state index is 0.332. The number of imidazole rings is 1. The molecular weight excluding hydrogens is 238 g/mol. The summed E-state index contributed by atoms with van der Waals surface area (Å²) in [5.74, 6) is 0.953. The van der Waals surface area contributed by atoms with Gasteiger partial charge in [0, 0.05) is 19.7 Å². The highest BCUT2D eigenvalue weighted by molar-refractivity contribution is 5.77. The molecule has 0 amide bonds. The van der Waals surface area contributed by atoms with Gasteiger partial charge in [-0.1, -0.05) is 6.07 Å². The number of nitrogens with zero attached hydrogens (tertiary/aromatic N) is 2. The smallest absolute Gasteiger partial charge is 0.141 e. The second-order valence-corrected chi connectivity index (χ2v) is 5.64. The van der Waals surface area contributed by atoms with E-state index in [-0.39, 0.29) is 0 Å². The molecule has 2 aromatic rings. The second kappa shape index (κ2) is 4.94. The third-order valence-electron chi connectivity index (χ3n) is 3.55. The van der Waals surface area contributed by atoms with E-state index in [0.29, 0.717) is 12.6 Å². The second-order valence-electron chi connectivity index (χ2n) is 5.64. The Labute approximate surface area is 114 Å². The molecular formula is C15H23N3O. The van der Waals surface area contributed by atoms with Crippen LogP contribution in [0.3, 0.4) is 0 Å². The largest absolute Gasteiger partial charge is 0.371 e. The Bertz CT molecular complexity index is 584. The highest BCUT2D eigenvalue weighted by Gasteiger charge is 2.28. The zero-order chi connectivity index (χ0) is 14.2. The summed E-state index contributed by atoms with van der Waals surface area (Å²) in [4.78, 5) is 4.77. The molecule has 0 aliphatic rings. The Balaban J connectivity index is 2.73. The van der Waals surface area contributed by atoms with Crippen LogP contribution >= 0.6 is 0 Å². The quantitative estimate of drug-likeness (QED) is 0.920. The van der Waals surface area contributed by atoms with Crippen molar-refractivity contribution < 1.29 is 4.74 Å². The number of ether oxygens (including phenoxy) is 1. The fraction of sp³-hybridized carbons (Fsp3) is 0.533. The first-order chi connectivity index (χ1) is 8.90. The highest BCUT2D eigenvalue weighted by Crippen LogP contribution is 2.30. The molecule has 1 aromatic heterocycles. The van der Waals surface area contributed by atoms with E-state index in [1.807, 2.05) is 13.8 Å². The Morgan fingerprint density at radius 2 is 2.05 bits per heavy atom. The predicted molar refractivity (Wildman–Crippen MR) is 78.0 cm³/mol. The number of methoxy groups -OCH3 is 1. The summed E-state index contributed by atoms with van der Waals surface area (Å²) >= 11 is 0. The Hall–Kier alpha value is -1.39. The Morgan fingerprint density at radius 1 is 1.37 bits per heavy atom. The third-order valence-corrected chi connectivity index (χ3v) is 3.55. The molecule has 4 heteroatoms. The number of hydrogen-bond donors (Lipinski definition) is 1. The fourth-order valence-corrected chi connectivity index (χ4v) is 2.31. The molecule has 104 valence electrons. The lowest BCUT2D eigenvalue weighted by atomic mass is 10.1. The van der Waals surface area contributed by atoms with Gasteiger partial charge in [-0.2, -0.15) is 0 Å². The monoisotopic (exact) mass is 261 g/mol. The van der Waals surface area contributed by atoms with Crippen LogP contribution in [0.15, 0.2) is 18.2 Å². The minimum Gasteiger partial charge on any atom is -0.371 e. The van der Waals surface area contributed by atoms with Gasteiger partial charge >= 0.3 is 0 Å². The van der Waals surface area contributed by atoms with Crippen LogP contribution in [-0.2, 0) is 16.9 Å². The van der Waals surface area contributed by atoms with Crippen molar-refractivity contribution in [2.45, 2.75) is 45.9 Å². The van der Waals surface area contributed by atoms with Gasteiger partial charge in [-0.05, 0) is 45.4 Å². The molecule has 0 saturated heterocycles. The molecule has 1 aromatic carbocycles. The van der Waals surface area contributed by atoms with Crippen molar-refractivity contribution in [1.82, 2.24) is 9.55 Å². The lowest BCUT2D eigenvalue weighted by molar-refractivity contribution is 0.00822. The SMILES string of the molecule is COC(C)(C)c1nc2cc(CN)ccc2n1C(C)C. The maximum absolute atomic E-state index is 5.70. The Morgan fingerprint density at radius 3 is 2.58 bits per heavy atom. The lowest BCUT2D eigenvalue weighted by Gasteiger charge is -2.25. The van der Waals surface area contributed by atoms with Crippen LogP contribution in [0.5, 0.6) is 0 Å². The molecule has 0 radical (unpaired) electrons. The summed E-state index contributed by atoms with van der Waals surface area (Å²) in [6, 6.07) is 6.55. The summed E-state index contributed by atoms with van der Waals surface area (Å²) in [5, 5.41) is 0. The highest BCUT2D eigenvalue weighted by atomic mass is 16.5. The maximum atomic E-state index is 5.70. The molecule has 2 rings (SSSR count). The number of benzene rings is 1. The van der Waals surface area contributed by atoms with Crippen LogP contribution in [0, 0.1) is 0 Å². The van der Waals surface area contributed by atoms with E-state index in [2.05, 4.69) is 36.6 Å². The Kier molecular flexibility index (Phi) is 3.65. The average molecular weight is 261 g/mol. The lowest BCUT2D eigenvalue weighted by Crippen LogP contribution is -2.25. The molecule has 2 N–H and O–H groups in total. The summed E-state index contributed by atoms with van der Waals surface area (Å²) in [5.41, 5.74) is 8.50. The number of hydrogen-bond acceptors (Lipinski definition) is 3. The molecule has 19 heavy (non-hydrogen) atoms.